The SMILES string of the molecule is CSON1C(C)=C1NC(=O)c1ccc(N=C(C=C(N)C(F)(F)F)C2CC2)cc1. The van der Waals surface area contributed by atoms with E-state index in [0.717, 1.165) is 36.7 Å². The van der Waals surface area contributed by atoms with Gasteiger partial charge in [0.2, 0.25) is 0 Å². The van der Waals surface area contributed by atoms with E-state index in [2.05, 4.69) is 10.3 Å². The highest BCUT2D eigenvalue weighted by Crippen LogP contribution is 2.34. The molecule has 150 valence electrons. The van der Waals surface area contributed by atoms with Crippen LogP contribution in [0.2, 0.25) is 0 Å². The summed E-state index contributed by atoms with van der Waals surface area (Å²) in [6.07, 6.45) is -0.367. The Morgan fingerprint density at radius 2 is 2.00 bits per heavy atom. The minimum Gasteiger partial charge on any atom is -0.395 e. The van der Waals surface area contributed by atoms with Crippen LogP contribution in [0.15, 0.2) is 52.5 Å². The Kier molecular flexibility index (Phi) is 5.71. The fourth-order valence-electron chi connectivity index (χ4n) is 2.42. The summed E-state index contributed by atoms with van der Waals surface area (Å²) in [5.74, 6) is 0.252. The Balaban J connectivity index is 1.69. The quantitative estimate of drug-likeness (QED) is 0.522. The van der Waals surface area contributed by atoms with Crippen molar-refractivity contribution in [2.75, 3.05) is 6.26 Å². The van der Waals surface area contributed by atoms with Gasteiger partial charge in [-0.2, -0.15) is 22.5 Å². The number of rotatable bonds is 7. The number of nitrogens with zero attached hydrogens (tertiary/aromatic N) is 2. The summed E-state index contributed by atoms with van der Waals surface area (Å²) in [7, 11) is 0. The second-order valence-electron chi connectivity index (χ2n) is 6.38. The number of aliphatic imine (C=N–C) groups is 1. The average Bonchev–Trinajstić information content (AvgIpc) is 3.55. The predicted molar refractivity (Wildman–Crippen MR) is 101 cm³/mol. The first kappa shape index (κ1) is 20.3. The maximum absolute atomic E-state index is 12.7. The fraction of sp³-hybridized carbons (Fsp3) is 0.333. The smallest absolute Gasteiger partial charge is 0.395 e. The molecule has 0 aromatic heterocycles. The molecule has 3 rings (SSSR count). The first-order chi connectivity index (χ1) is 13.2. The van der Waals surface area contributed by atoms with E-state index in [9.17, 15) is 18.0 Å². The maximum Gasteiger partial charge on any atom is 0.430 e. The second-order valence-corrected chi connectivity index (χ2v) is 6.86. The molecule has 1 amide bonds. The number of nitrogens with two attached hydrogens (primary N) is 1. The lowest BCUT2D eigenvalue weighted by molar-refractivity contribution is -0.0925. The number of allylic oxidation sites excluding steroid dienone is 3. The van der Waals surface area contributed by atoms with Crippen molar-refractivity contribution in [3.8, 4) is 0 Å². The first-order valence-corrected chi connectivity index (χ1v) is 9.62. The Hall–Kier alpha value is -2.46. The zero-order valence-corrected chi connectivity index (χ0v) is 16.0. The van der Waals surface area contributed by atoms with Gasteiger partial charge in [-0.1, -0.05) is 0 Å². The Morgan fingerprint density at radius 3 is 2.54 bits per heavy atom. The molecule has 0 atom stereocenters. The van der Waals surface area contributed by atoms with Crippen molar-refractivity contribution in [3.05, 3.63) is 53.1 Å². The summed E-state index contributed by atoms with van der Waals surface area (Å²) in [6, 6.07) is 6.29. The van der Waals surface area contributed by atoms with Gasteiger partial charge in [0.1, 0.15) is 5.70 Å². The number of nitrogens with one attached hydrogen (secondary N) is 1. The van der Waals surface area contributed by atoms with E-state index in [0.29, 0.717) is 22.8 Å². The van der Waals surface area contributed by atoms with Crippen molar-refractivity contribution in [2.24, 2.45) is 16.6 Å². The van der Waals surface area contributed by atoms with E-state index >= 15 is 0 Å². The molecular weight excluding hydrogens is 393 g/mol. The largest absolute Gasteiger partial charge is 0.430 e. The number of hydroxylamine groups is 2. The van der Waals surface area contributed by atoms with Gasteiger partial charge in [0.05, 0.1) is 11.4 Å². The molecular formula is C18H19F3N4O2S. The normalized spacial score (nSPS) is 17.8. The number of benzene rings is 1. The topological polar surface area (TPSA) is 79.7 Å². The molecule has 1 aromatic carbocycles. The Bertz CT molecular complexity index is 859. The molecule has 1 aliphatic heterocycles. The fourth-order valence-corrected chi connectivity index (χ4v) is 2.75. The van der Waals surface area contributed by atoms with Crippen LogP contribution in [0.3, 0.4) is 0 Å². The third-order valence-corrected chi connectivity index (χ3v) is 4.49. The zero-order valence-electron chi connectivity index (χ0n) is 15.2. The minimum absolute atomic E-state index is 0.0175. The van der Waals surface area contributed by atoms with Crippen LogP contribution < -0.4 is 11.1 Å². The van der Waals surface area contributed by atoms with Gasteiger partial charge in [-0.25, -0.2) is 0 Å². The van der Waals surface area contributed by atoms with E-state index in [1.165, 1.54) is 5.06 Å². The van der Waals surface area contributed by atoms with Crippen LogP contribution in [0.4, 0.5) is 18.9 Å². The zero-order chi connectivity index (χ0) is 20.5. The van der Waals surface area contributed by atoms with Gasteiger partial charge >= 0.3 is 6.18 Å². The number of carbonyl (C=O) groups is 1. The summed E-state index contributed by atoms with van der Waals surface area (Å²) in [5.41, 5.74) is 5.91. The van der Waals surface area contributed by atoms with Crippen molar-refractivity contribution in [1.82, 2.24) is 10.4 Å². The Labute approximate surface area is 164 Å². The highest BCUT2D eigenvalue weighted by atomic mass is 32.2. The van der Waals surface area contributed by atoms with E-state index < -0.39 is 11.9 Å². The number of carbonyl (C=O) groups excluding carboxylic acids is 1. The van der Waals surface area contributed by atoms with Gasteiger partial charge in [-0.05, 0) is 50.1 Å². The number of amides is 1. The van der Waals surface area contributed by atoms with E-state index in [-0.39, 0.29) is 11.8 Å². The van der Waals surface area contributed by atoms with Crippen LogP contribution in [-0.4, -0.2) is 29.1 Å². The van der Waals surface area contributed by atoms with Crippen molar-refractivity contribution in [3.63, 3.8) is 0 Å². The molecule has 3 N–H and O–H groups in total. The maximum atomic E-state index is 12.7. The lowest BCUT2D eigenvalue weighted by Gasteiger charge is -2.08. The monoisotopic (exact) mass is 412 g/mol. The molecule has 28 heavy (non-hydrogen) atoms. The Morgan fingerprint density at radius 1 is 1.36 bits per heavy atom. The van der Waals surface area contributed by atoms with Gasteiger partial charge in [0.15, 0.2) is 5.82 Å². The molecule has 1 heterocycles. The highest BCUT2D eigenvalue weighted by Gasteiger charge is 2.35. The number of halogens is 3. The lowest BCUT2D eigenvalue weighted by Crippen LogP contribution is -2.22. The van der Waals surface area contributed by atoms with Crippen LogP contribution in [0.5, 0.6) is 0 Å². The van der Waals surface area contributed by atoms with Crippen molar-refractivity contribution < 1.29 is 22.2 Å². The summed E-state index contributed by atoms with van der Waals surface area (Å²) < 4.78 is 43.2. The average molecular weight is 412 g/mol. The summed E-state index contributed by atoms with van der Waals surface area (Å²) in [4.78, 5) is 16.6. The third-order valence-electron chi connectivity index (χ3n) is 4.20. The molecule has 0 radical (unpaired) electrons. The number of alkyl halides is 3. The van der Waals surface area contributed by atoms with Gasteiger partial charge in [-0.3, -0.25) is 9.79 Å². The van der Waals surface area contributed by atoms with E-state index in [4.69, 9.17) is 10.0 Å². The summed E-state index contributed by atoms with van der Waals surface area (Å²) in [6.45, 7) is 1.81. The van der Waals surface area contributed by atoms with Gasteiger partial charge < -0.3 is 11.1 Å². The van der Waals surface area contributed by atoms with Crippen LogP contribution in [0, 0.1) is 5.92 Å². The molecule has 0 saturated heterocycles. The molecule has 0 unspecified atom stereocenters. The predicted octanol–water partition coefficient (Wildman–Crippen LogP) is 4.02. The molecule has 2 aliphatic rings. The molecule has 1 saturated carbocycles. The van der Waals surface area contributed by atoms with E-state index in [1.807, 2.05) is 6.92 Å². The lowest BCUT2D eigenvalue weighted by atomic mass is 10.1. The van der Waals surface area contributed by atoms with Crippen molar-refractivity contribution in [1.29, 1.82) is 0 Å². The van der Waals surface area contributed by atoms with Crippen LogP contribution >= 0.6 is 12.0 Å². The second kappa shape index (κ2) is 7.88. The molecule has 1 aliphatic carbocycles. The van der Waals surface area contributed by atoms with Gasteiger partial charge in [-0.15, -0.1) is 0 Å². The molecule has 1 fully saturated rings. The number of hydrogen-bond donors (Lipinski definition) is 2. The summed E-state index contributed by atoms with van der Waals surface area (Å²) in [5, 5.41) is 4.23. The molecule has 6 nitrogen and oxygen atoms in total. The number of hydrogen-bond acceptors (Lipinski definition) is 6. The minimum atomic E-state index is -4.58. The van der Waals surface area contributed by atoms with E-state index in [1.54, 1.807) is 30.5 Å². The van der Waals surface area contributed by atoms with Crippen LogP contribution in [-0.2, 0) is 4.28 Å². The molecule has 1 aromatic rings. The highest BCUT2D eigenvalue weighted by molar-refractivity contribution is 7.93. The molecule has 10 heteroatoms. The van der Waals surface area contributed by atoms with Crippen LogP contribution in [0.1, 0.15) is 30.1 Å². The van der Waals surface area contributed by atoms with Crippen molar-refractivity contribution in [2.45, 2.75) is 25.9 Å². The third kappa shape index (κ3) is 4.87. The summed E-state index contributed by atoms with van der Waals surface area (Å²) >= 11 is 1.16. The molecule has 0 spiro atoms. The standard InChI is InChI=1S/C18H19F3N4O2S/c1-10-16(25(10)27-28-2)24-17(26)12-5-7-13(8-6-12)23-14(11-3-4-11)9-15(22)18(19,20)21/h5-9,11H,3-4,22H2,1-2H3,(H,24,26). The van der Waals surface area contributed by atoms with Crippen molar-refractivity contribution >= 4 is 29.3 Å². The van der Waals surface area contributed by atoms with Gasteiger partial charge in [0.25, 0.3) is 5.91 Å². The first-order valence-electron chi connectivity index (χ1n) is 8.47. The molecule has 0 bridgehead atoms. The van der Waals surface area contributed by atoms with Gasteiger partial charge in [0, 0.05) is 35.5 Å². The van der Waals surface area contributed by atoms with Crippen LogP contribution in [0.25, 0.3) is 0 Å².